The summed E-state index contributed by atoms with van der Waals surface area (Å²) in [5.74, 6) is -0.826. The van der Waals surface area contributed by atoms with Gasteiger partial charge in [0.15, 0.2) is 0 Å². The molecule has 202 valence electrons. The van der Waals surface area contributed by atoms with Crippen molar-refractivity contribution in [1.29, 1.82) is 0 Å². The SMILES string of the molecule is Cc1cccc(CN(C(=O)CN(c2ccc(Cl)cc2C)S(=O)(=O)c2ccccc2)[C@@H](C)C(=O)NC(C)C)c1. The van der Waals surface area contributed by atoms with E-state index in [1.165, 1.54) is 17.0 Å². The predicted octanol–water partition coefficient (Wildman–Crippen LogP) is 5.09. The lowest BCUT2D eigenvalue weighted by Crippen LogP contribution is -2.52. The number of nitrogens with one attached hydrogen (secondary N) is 1. The smallest absolute Gasteiger partial charge is 0.264 e. The van der Waals surface area contributed by atoms with E-state index < -0.39 is 28.5 Å². The number of hydrogen-bond donors (Lipinski definition) is 1. The zero-order valence-corrected chi connectivity index (χ0v) is 23.9. The maximum absolute atomic E-state index is 13.9. The first kappa shape index (κ1) is 29.2. The van der Waals surface area contributed by atoms with Crippen molar-refractivity contribution in [1.82, 2.24) is 10.2 Å². The molecule has 0 aromatic heterocycles. The molecule has 0 fully saturated rings. The summed E-state index contributed by atoms with van der Waals surface area (Å²) in [4.78, 5) is 28.4. The van der Waals surface area contributed by atoms with Crippen molar-refractivity contribution in [3.8, 4) is 0 Å². The molecule has 3 aromatic rings. The quantitative estimate of drug-likeness (QED) is 0.377. The van der Waals surface area contributed by atoms with Gasteiger partial charge in [-0.2, -0.15) is 0 Å². The van der Waals surface area contributed by atoms with Crippen molar-refractivity contribution in [2.24, 2.45) is 0 Å². The highest BCUT2D eigenvalue weighted by Gasteiger charge is 2.33. The number of benzene rings is 3. The molecule has 7 nitrogen and oxygen atoms in total. The molecule has 0 aliphatic carbocycles. The monoisotopic (exact) mass is 555 g/mol. The summed E-state index contributed by atoms with van der Waals surface area (Å²) < 4.78 is 28.7. The second-order valence-electron chi connectivity index (χ2n) is 9.61. The molecule has 2 amide bonds. The minimum Gasteiger partial charge on any atom is -0.352 e. The normalized spacial score (nSPS) is 12.2. The third-order valence-corrected chi connectivity index (χ3v) is 8.08. The number of hydrogen-bond acceptors (Lipinski definition) is 4. The van der Waals surface area contributed by atoms with Gasteiger partial charge in [0, 0.05) is 17.6 Å². The Morgan fingerprint density at radius 2 is 1.61 bits per heavy atom. The average molecular weight is 556 g/mol. The minimum atomic E-state index is -4.12. The van der Waals surface area contributed by atoms with Crippen molar-refractivity contribution in [3.63, 3.8) is 0 Å². The van der Waals surface area contributed by atoms with Gasteiger partial charge in [-0.15, -0.1) is 0 Å². The van der Waals surface area contributed by atoms with Gasteiger partial charge < -0.3 is 10.2 Å². The Bertz CT molecular complexity index is 1390. The van der Waals surface area contributed by atoms with E-state index in [0.29, 0.717) is 16.3 Å². The number of carbonyl (C=O) groups is 2. The summed E-state index contributed by atoms with van der Waals surface area (Å²) in [6.07, 6.45) is 0. The van der Waals surface area contributed by atoms with Crippen LogP contribution in [0, 0.1) is 13.8 Å². The number of anilines is 1. The fourth-order valence-corrected chi connectivity index (χ4v) is 5.85. The topological polar surface area (TPSA) is 86.8 Å². The van der Waals surface area contributed by atoms with Gasteiger partial charge in [-0.25, -0.2) is 8.42 Å². The predicted molar refractivity (Wildman–Crippen MR) is 152 cm³/mol. The van der Waals surface area contributed by atoms with Gasteiger partial charge in [0.1, 0.15) is 12.6 Å². The molecule has 0 saturated heterocycles. The van der Waals surface area contributed by atoms with Gasteiger partial charge in [-0.1, -0.05) is 59.6 Å². The number of nitrogens with zero attached hydrogens (tertiary/aromatic N) is 2. The van der Waals surface area contributed by atoms with E-state index in [2.05, 4.69) is 5.32 Å². The zero-order valence-electron chi connectivity index (χ0n) is 22.3. The summed E-state index contributed by atoms with van der Waals surface area (Å²) in [5, 5.41) is 3.31. The van der Waals surface area contributed by atoms with Crippen LogP contribution in [0.25, 0.3) is 0 Å². The Kier molecular flexibility index (Phi) is 9.57. The number of carbonyl (C=O) groups excluding carboxylic acids is 2. The van der Waals surface area contributed by atoms with Crippen LogP contribution in [-0.4, -0.2) is 43.8 Å². The lowest BCUT2D eigenvalue weighted by molar-refractivity contribution is -0.139. The van der Waals surface area contributed by atoms with Crippen LogP contribution in [0.3, 0.4) is 0 Å². The first-order chi connectivity index (χ1) is 17.9. The second kappa shape index (κ2) is 12.5. The van der Waals surface area contributed by atoms with Gasteiger partial charge in [0.2, 0.25) is 11.8 Å². The van der Waals surface area contributed by atoms with E-state index in [9.17, 15) is 18.0 Å². The fraction of sp³-hybridized carbons (Fsp3) is 0.310. The largest absolute Gasteiger partial charge is 0.352 e. The first-order valence-corrected chi connectivity index (χ1v) is 14.2. The van der Waals surface area contributed by atoms with Crippen LogP contribution in [0.2, 0.25) is 5.02 Å². The lowest BCUT2D eigenvalue weighted by Gasteiger charge is -2.32. The summed E-state index contributed by atoms with van der Waals surface area (Å²) >= 11 is 6.14. The van der Waals surface area contributed by atoms with Crippen LogP contribution >= 0.6 is 11.6 Å². The highest BCUT2D eigenvalue weighted by molar-refractivity contribution is 7.92. The van der Waals surface area contributed by atoms with Gasteiger partial charge in [0.25, 0.3) is 10.0 Å². The van der Waals surface area contributed by atoms with Crippen LogP contribution in [0.5, 0.6) is 0 Å². The van der Waals surface area contributed by atoms with E-state index in [1.807, 2.05) is 45.0 Å². The molecule has 0 unspecified atom stereocenters. The van der Waals surface area contributed by atoms with Crippen LogP contribution in [0.1, 0.15) is 37.5 Å². The number of aryl methyl sites for hydroxylation is 2. The molecule has 0 spiro atoms. The molecule has 0 aliphatic heterocycles. The third kappa shape index (κ3) is 7.14. The molecule has 38 heavy (non-hydrogen) atoms. The van der Waals surface area contributed by atoms with Crippen LogP contribution < -0.4 is 9.62 Å². The van der Waals surface area contributed by atoms with Crippen molar-refractivity contribution in [2.75, 3.05) is 10.8 Å². The van der Waals surface area contributed by atoms with Crippen molar-refractivity contribution >= 4 is 39.1 Å². The summed E-state index contributed by atoms with van der Waals surface area (Å²) in [7, 11) is -4.12. The van der Waals surface area contributed by atoms with E-state index in [4.69, 9.17) is 11.6 Å². The number of sulfonamides is 1. The summed E-state index contributed by atoms with van der Waals surface area (Å²) in [6.45, 7) is 8.67. The highest BCUT2D eigenvalue weighted by atomic mass is 35.5. The molecular formula is C29H34ClN3O4S. The van der Waals surface area contributed by atoms with Crippen molar-refractivity contribution in [3.05, 3.63) is 94.5 Å². The summed E-state index contributed by atoms with van der Waals surface area (Å²) in [5.41, 5.74) is 2.78. The highest BCUT2D eigenvalue weighted by Crippen LogP contribution is 2.29. The molecule has 3 aromatic carbocycles. The molecule has 0 radical (unpaired) electrons. The minimum absolute atomic E-state index is 0.0537. The van der Waals surface area contributed by atoms with Gasteiger partial charge in [-0.05, 0) is 76.1 Å². The molecule has 9 heteroatoms. The standard InChI is InChI=1S/C29H34ClN3O4S/c1-20(2)31-29(35)23(5)32(18-24-11-9-10-21(3)16-24)28(34)19-33(27-15-14-25(30)17-22(27)4)38(36,37)26-12-7-6-8-13-26/h6-17,20,23H,18-19H2,1-5H3,(H,31,35)/t23-/m0/s1. The summed E-state index contributed by atoms with van der Waals surface area (Å²) in [6, 6.07) is 19.5. The lowest BCUT2D eigenvalue weighted by atomic mass is 10.1. The Morgan fingerprint density at radius 1 is 0.921 bits per heavy atom. The van der Waals surface area contributed by atoms with E-state index in [-0.39, 0.29) is 23.4 Å². The molecular weight excluding hydrogens is 522 g/mol. The molecule has 0 aliphatic rings. The molecule has 3 rings (SSSR count). The third-order valence-electron chi connectivity index (χ3n) is 6.07. The van der Waals surface area contributed by atoms with Gasteiger partial charge >= 0.3 is 0 Å². The fourth-order valence-electron chi connectivity index (χ4n) is 4.13. The number of halogens is 1. The Hall–Kier alpha value is -3.36. The van der Waals surface area contributed by atoms with Crippen LogP contribution in [0.4, 0.5) is 5.69 Å². The molecule has 0 bridgehead atoms. The first-order valence-electron chi connectivity index (χ1n) is 12.4. The zero-order chi connectivity index (χ0) is 28.0. The Labute approximate surface area is 230 Å². The number of rotatable bonds is 10. The molecule has 0 heterocycles. The molecule has 0 saturated carbocycles. The maximum Gasteiger partial charge on any atom is 0.264 e. The molecule has 1 N–H and O–H groups in total. The van der Waals surface area contributed by atoms with E-state index in [1.54, 1.807) is 50.2 Å². The average Bonchev–Trinajstić information content (AvgIpc) is 2.86. The van der Waals surface area contributed by atoms with E-state index in [0.717, 1.165) is 15.4 Å². The van der Waals surface area contributed by atoms with Crippen molar-refractivity contribution < 1.29 is 18.0 Å². The van der Waals surface area contributed by atoms with Crippen LogP contribution in [0.15, 0.2) is 77.7 Å². The second-order valence-corrected chi connectivity index (χ2v) is 11.9. The Morgan fingerprint density at radius 3 is 2.21 bits per heavy atom. The number of amides is 2. The van der Waals surface area contributed by atoms with Crippen molar-refractivity contribution in [2.45, 2.75) is 58.1 Å². The van der Waals surface area contributed by atoms with Gasteiger partial charge in [-0.3, -0.25) is 13.9 Å². The van der Waals surface area contributed by atoms with Gasteiger partial charge in [0.05, 0.1) is 10.6 Å². The maximum atomic E-state index is 13.9. The van der Waals surface area contributed by atoms with E-state index >= 15 is 0 Å². The van der Waals surface area contributed by atoms with Crippen LogP contribution in [-0.2, 0) is 26.2 Å². The molecule has 1 atom stereocenters. The Balaban J connectivity index is 2.06.